The number of rotatable bonds is 3. The summed E-state index contributed by atoms with van der Waals surface area (Å²) in [6, 6.07) is 13.1. The van der Waals surface area contributed by atoms with Crippen LogP contribution in [0.3, 0.4) is 0 Å². The number of amides is 2. The Labute approximate surface area is 196 Å². The number of carbonyl (C=O) groups is 1. The molecule has 5 rings (SSSR count). The van der Waals surface area contributed by atoms with Crippen molar-refractivity contribution in [3.8, 4) is 6.07 Å². The van der Waals surface area contributed by atoms with Crippen LogP contribution in [0.25, 0.3) is 5.52 Å². The van der Waals surface area contributed by atoms with E-state index in [4.69, 9.17) is 5.26 Å². The van der Waals surface area contributed by atoms with Crippen molar-refractivity contribution >= 4 is 17.2 Å². The van der Waals surface area contributed by atoms with E-state index in [1.807, 2.05) is 29.2 Å². The summed E-state index contributed by atoms with van der Waals surface area (Å²) in [4.78, 5) is 31.6. The number of hydrogen-bond donors (Lipinski definition) is 1. The number of likely N-dealkylation sites (tertiary alicyclic amines) is 1. The number of carbonyl (C=O) groups excluding carboxylic acids is 1. The van der Waals surface area contributed by atoms with Crippen molar-refractivity contribution in [1.29, 1.82) is 5.26 Å². The third-order valence-corrected chi connectivity index (χ3v) is 6.86. The Morgan fingerprint density at radius 2 is 1.71 bits per heavy atom. The third-order valence-electron chi connectivity index (χ3n) is 6.86. The van der Waals surface area contributed by atoms with E-state index in [1.54, 1.807) is 23.2 Å². The molecule has 2 amide bonds. The van der Waals surface area contributed by atoms with E-state index in [9.17, 15) is 14.7 Å². The van der Waals surface area contributed by atoms with Gasteiger partial charge in [0.25, 0.3) is 5.56 Å². The number of anilines is 1. The molecule has 0 spiro atoms. The summed E-state index contributed by atoms with van der Waals surface area (Å²) in [5, 5.41) is 24.3. The Kier molecular flexibility index (Phi) is 5.71. The third kappa shape index (κ3) is 4.22. The van der Waals surface area contributed by atoms with E-state index >= 15 is 0 Å². The minimum absolute atomic E-state index is 0.00466. The summed E-state index contributed by atoms with van der Waals surface area (Å²) in [5.74, 6) is 0. The molecule has 0 unspecified atom stereocenters. The highest BCUT2D eigenvalue weighted by Gasteiger charge is 2.36. The van der Waals surface area contributed by atoms with Crippen LogP contribution in [0.1, 0.15) is 18.4 Å². The number of aromatic nitrogens is 3. The Hall–Kier alpha value is -3.84. The van der Waals surface area contributed by atoms with Crippen molar-refractivity contribution in [2.24, 2.45) is 0 Å². The lowest BCUT2D eigenvalue weighted by molar-refractivity contribution is -0.0293. The summed E-state index contributed by atoms with van der Waals surface area (Å²) in [5.41, 5.74) is 0.916. The van der Waals surface area contributed by atoms with Crippen molar-refractivity contribution in [3.63, 3.8) is 0 Å². The smallest absolute Gasteiger partial charge is 0.320 e. The van der Waals surface area contributed by atoms with E-state index in [2.05, 4.69) is 16.1 Å². The van der Waals surface area contributed by atoms with Crippen molar-refractivity contribution in [1.82, 2.24) is 24.0 Å². The van der Waals surface area contributed by atoms with E-state index in [0.29, 0.717) is 50.1 Å². The highest BCUT2D eigenvalue weighted by Crippen LogP contribution is 2.25. The molecule has 0 radical (unpaired) electrons. The largest absolute Gasteiger partial charge is 0.388 e. The van der Waals surface area contributed by atoms with Crippen LogP contribution in [0.5, 0.6) is 0 Å². The second-order valence-corrected chi connectivity index (χ2v) is 9.03. The van der Waals surface area contributed by atoms with Gasteiger partial charge in [-0.3, -0.25) is 9.36 Å². The van der Waals surface area contributed by atoms with Gasteiger partial charge in [-0.2, -0.15) is 10.4 Å². The van der Waals surface area contributed by atoms with E-state index in [1.165, 1.54) is 15.4 Å². The second-order valence-electron chi connectivity index (χ2n) is 9.03. The standard InChI is InChI=1S/C24H27N7O3/c25-16-19-3-5-20(6-4-19)27-12-14-29(15-13-27)23(33)28-10-7-24(34,8-11-28)17-30-18-26-31-9-1-2-21(31)22(30)32/h1-6,9,18,34H,7-8,10-15,17H2. The van der Waals surface area contributed by atoms with Gasteiger partial charge in [0.05, 0.1) is 23.8 Å². The maximum absolute atomic E-state index is 13.1. The van der Waals surface area contributed by atoms with Gasteiger partial charge < -0.3 is 19.8 Å². The summed E-state index contributed by atoms with van der Waals surface area (Å²) in [6.07, 6.45) is 3.98. The number of nitriles is 1. The number of fused-ring (bicyclic) bond motifs is 1. The van der Waals surface area contributed by atoms with Crippen molar-refractivity contribution in [2.45, 2.75) is 25.0 Å². The molecule has 4 heterocycles. The molecule has 1 N–H and O–H groups in total. The van der Waals surface area contributed by atoms with Crippen molar-refractivity contribution < 1.29 is 9.90 Å². The van der Waals surface area contributed by atoms with Crippen LogP contribution in [0.4, 0.5) is 10.5 Å². The molecule has 0 saturated carbocycles. The van der Waals surface area contributed by atoms with Gasteiger partial charge in [-0.1, -0.05) is 0 Å². The minimum atomic E-state index is -1.05. The molecule has 176 valence electrons. The fourth-order valence-corrected chi connectivity index (χ4v) is 4.76. The molecule has 2 aliphatic heterocycles. The molecule has 2 saturated heterocycles. The second kappa shape index (κ2) is 8.83. The number of piperazine rings is 1. The molecule has 0 bridgehead atoms. The van der Waals surface area contributed by atoms with Crippen LogP contribution in [0.2, 0.25) is 0 Å². The number of nitrogens with zero attached hydrogens (tertiary/aromatic N) is 7. The quantitative estimate of drug-likeness (QED) is 0.626. The summed E-state index contributed by atoms with van der Waals surface area (Å²) in [6.45, 7) is 3.75. The average Bonchev–Trinajstić information content (AvgIpc) is 3.36. The Bertz CT molecular complexity index is 1270. The highest BCUT2D eigenvalue weighted by atomic mass is 16.3. The van der Waals surface area contributed by atoms with Gasteiger partial charge in [0.1, 0.15) is 11.8 Å². The molecule has 10 nitrogen and oxygen atoms in total. The van der Waals surface area contributed by atoms with Crippen LogP contribution in [0, 0.1) is 11.3 Å². The molecule has 2 aliphatic rings. The average molecular weight is 462 g/mol. The van der Waals surface area contributed by atoms with Gasteiger partial charge in [0, 0.05) is 51.2 Å². The predicted octanol–water partition coefficient (Wildman–Crippen LogP) is 1.14. The molecule has 2 fully saturated rings. The molecule has 0 atom stereocenters. The van der Waals surface area contributed by atoms with E-state index in [0.717, 1.165) is 18.8 Å². The number of piperidine rings is 1. The first-order valence-corrected chi connectivity index (χ1v) is 11.5. The normalized spacial score (nSPS) is 18.2. The van der Waals surface area contributed by atoms with Gasteiger partial charge in [0.2, 0.25) is 0 Å². The lowest BCUT2D eigenvalue weighted by Crippen LogP contribution is -2.56. The molecule has 2 aromatic heterocycles. The molecule has 0 aliphatic carbocycles. The first-order valence-electron chi connectivity index (χ1n) is 11.5. The minimum Gasteiger partial charge on any atom is -0.388 e. The number of aliphatic hydroxyl groups is 1. The van der Waals surface area contributed by atoms with Crippen LogP contribution in [-0.4, -0.2) is 80.0 Å². The lowest BCUT2D eigenvalue weighted by atomic mass is 9.91. The van der Waals surface area contributed by atoms with Crippen LogP contribution in [0.15, 0.2) is 53.7 Å². The topological polar surface area (TPSA) is 110 Å². The molecule has 10 heteroatoms. The van der Waals surface area contributed by atoms with Gasteiger partial charge in [-0.15, -0.1) is 0 Å². The van der Waals surface area contributed by atoms with Gasteiger partial charge in [-0.25, -0.2) is 9.31 Å². The van der Waals surface area contributed by atoms with Crippen molar-refractivity contribution in [3.05, 3.63) is 64.8 Å². The number of hydrogen-bond acceptors (Lipinski definition) is 6. The van der Waals surface area contributed by atoms with Crippen LogP contribution >= 0.6 is 0 Å². The van der Waals surface area contributed by atoms with Crippen LogP contribution < -0.4 is 10.5 Å². The molecule has 1 aromatic carbocycles. The highest BCUT2D eigenvalue weighted by molar-refractivity contribution is 5.75. The Balaban J connectivity index is 1.15. The predicted molar refractivity (Wildman–Crippen MR) is 126 cm³/mol. The van der Waals surface area contributed by atoms with Crippen LogP contribution in [-0.2, 0) is 6.54 Å². The Morgan fingerprint density at radius 3 is 2.38 bits per heavy atom. The zero-order chi connectivity index (χ0) is 23.7. The number of urea groups is 1. The zero-order valence-electron chi connectivity index (χ0n) is 18.9. The summed E-state index contributed by atoms with van der Waals surface area (Å²) < 4.78 is 2.97. The fraction of sp³-hybridized carbons (Fsp3) is 0.417. The van der Waals surface area contributed by atoms with Gasteiger partial charge >= 0.3 is 6.03 Å². The van der Waals surface area contributed by atoms with Gasteiger partial charge in [0.15, 0.2) is 0 Å². The molecule has 34 heavy (non-hydrogen) atoms. The SMILES string of the molecule is N#Cc1ccc(N2CCN(C(=O)N3CCC(O)(Cn4cnn5cccc5c4=O)CC3)CC2)cc1. The zero-order valence-corrected chi connectivity index (χ0v) is 18.9. The summed E-state index contributed by atoms with van der Waals surface area (Å²) >= 11 is 0. The lowest BCUT2D eigenvalue weighted by Gasteiger charge is -2.42. The maximum Gasteiger partial charge on any atom is 0.320 e. The van der Waals surface area contributed by atoms with Gasteiger partial charge in [-0.05, 0) is 49.2 Å². The first kappa shape index (κ1) is 22.0. The van der Waals surface area contributed by atoms with E-state index < -0.39 is 5.60 Å². The molecular weight excluding hydrogens is 434 g/mol. The van der Waals surface area contributed by atoms with Crippen molar-refractivity contribution in [2.75, 3.05) is 44.2 Å². The Morgan fingerprint density at radius 1 is 1.03 bits per heavy atom. The fourth-order valence-electron chi connectivity index (χ4n) is 4.76. The van der Waals surface area contributed by atoms with E-state index in [-0.39, 0.29) is 18.1 Å². The first-order chi connectivity index (χ1) is 16.5. The molecular formula is C24H27N7O3. The summed E-state index contributed by atoms with van der Waals surface area (Å²) in [7, 11) is 0. The number of benzene rings is 1. The maximum atomic E-state index is 13.1. The molecule has 3 aromatic rings. The monoisotopic (exact) mass is 461 g/mol.